The molecular weight excluding hydrogens is 246 g/mol. The predicted octanol–water partition coefficient (Wildman–Crippen LogP) is 2.94. The topological polar surface area (TPSA) is 69.4 Å². The van der Waals surface area contributed by atoms with Crippen molar-refractivity contribution in [3.05, 3.63) is 39.9 Å². The van der Waals surface area contributed by atoms with Crippen LogP contribution in [-0.4, -0.2) is 17.0 Å². The smallest absolute Gasteiger partial charge is 0.338 e. The van der Waals surface area contributed by atoms with Gasteiger partial charge in [0, 0.05) is 12.1 Å². The van der Waals surface area contributed by atoms with Crippen LogP contribution in [0.1, 0.15) is 36.0 Å². The Kier molecular flexibility index (Phi) is 2.97. The lowest BCUT2D eigenvalue weighted by Gasteiger charge is -2.21. The zero-order valence-electron chi connectivity index (χ0n) is 10.5. The van der Waals surface area contributed by atoms with Crippen LogP contribution in [-0.2, 0) is 4.74 Å². The predicted molar refractivity (Wildman–Crippen MR) is 67.7 cm³/mol. The second kappa shape index (κ2) is 4.64. The van der Waals surface area contributed by atoms with Crippen molar-refractivity contribution >= 4 is 11.7 Å². The Morgan fingerprint density at radius 2 is 1.95 bits per heavy atom. The SMILES string of the molecule is O=C(O[C@@H]1C[C@@H]2CC[C@@H]1C2)c1ccc([N+](=O)[O-])cc1. The molecule has 0 amide bonds. The Labute approximate surface area is 110 Å². The molecule has 0 aliphatic heterocycles. The molecule has 2 aliphatic carbocycles. The van der Waals surface area contributed by atoms with Crippen LogP contribution in [0.3, 0.4) is 0 Å². The number of nitro groups is 1. The van der Waals surface area contributed by atoms with E-state index in [-0.39, 0.29) is 17.8 Å². The molecule has 2 aliphatic rings. The Hall–Kier alpha value is -1.91. The van der Waals surface area contributed by atoms with Gasteiger partial charge in [0.15, 0.2) is 0 Å². The maximum atomic E-state index is 12.0. The van der Waals surface area contributed by atoms with Gasteiger partial charge in [-0.3, -0.25) is 10.1 Å². The van der Waals surface area contributed by atoms with E-state index in [1.807, 2.05) is 0 Å². The van der Waals surface area contributed by atoms with Crippen molar-refractivity contribution in [2.24, 2.45) is 11.8 Å². The van der Waals surface area contributed by atoms with Crippen LogP contribution in [0.4, 0.5) is 5.69 Å². The van der Waals surface area contributed by atoms with Crippen molar-refractivity contribution in [2.45, 2.75) is 31.8 Å². The van der Waals surface area contributed by atoms with Crippen molar-refractivity contribution in [1.82, 2.24) is 0 Å². The second-order valence-electron chi connectivity index (χ2n) is 5.42. The number of benzene rings is 1. The number of hydrogen-bond donors (Lipinski definition) is 0. The molecule has 0 heterocycles. The van der Waals surface area contributed by atoms with E-state index in [0.717, 1.165) is 18.8 Å². The fourth-order valence-corrected chi connectivity index (χ4v) is 3.26. The zero-order chi connectivity index (χ0) is 13.4. The molecule has 0 N–H and O–H groups in total. The van der Waals surface area contributed by atoms with Gasteiger partial charge in [-0.2, -0.15) is 0 Å². The molecule has 0 radical (unpaired) electrons. The van der Waals surface area contributed by atoms with E-state index >= 15 is 0 Å². The van der Waals surface area contributed by atoms with E-state index in [9.17, 15) is 14.9 Å². The third kappa shape index (κ3) is 2.32. The van der Waals surface area contributed by atoms with E-state index in [1.54, 1.807) is 0 Å². The first-order valence-corrected chi connectivity index (χ1v) is 6.59. The number of carbonyl (C=O) groups excluding carboxylic acids is 1. The Bertz CT molecular complexity index is 511. The minimum absolute atomic E-state index is 0.0172. The highest BCUT2D eigenvalue weighted by molar-refractivity contribution is 5.89. The molecule has 2 saturated carbocycles. The number of ether oxygens (including phenoxy) is 1. The summed E-state index contributed by atoms with van der Waals surface area (Å²) in [4.78, 5) is 22.0. The molecule has 0 unspecified atom stereocenters. The maximum absolute atomic E-state index is 12.0. The summed E-state index contributed by atoms with van der Waals surface area (Å²) in [7, 11) is 0. The van der Waals surface area contributed by atoms with Crippen molar-refractivity contribution in [1.29, 1.82) is 0 Å². The average Bonchev–Trinajstić information content (AvgIpc) is 3.01. The molecule has 2 bridgehead atoms. The van der Waals surface area contributed by atoms with Crippen LogP contribution in [0.15, 0.2) is 24.3 Å². The molecule has 5 heteroatoms. The lowest BCUT2D eigenvalue weighted by Crippen LogP contribution is -2.24. The highest BCUT2D eigenvalue weighted by Crippen LogP contribution is 2.46. The van der Waals surface area contributed by atoms with Gasteiger partial charge in [0.1, 0.15) is 6.10 Å². The summed E-state index contributed by atoms with van der Waals surface area (Å²) in [6.07, 6.45) is 4.61. The van der Waals surface area contributed by atoms with Gasteiger partial charge in [0.2, 0.25) is 0 Å². The third-order valence-electron chi connectivity index (χ3n) is 4.25. The van der Waals surface area contributed by atoms with Gasteiger partial charge < -0.3 is 4.74 Å². The molecule has 1 aromatic rings. The fraction of sp³-hybridized carbons (Fsp3) is 0.500. The number of carbonyl (C=O) groups is 1. The van der Waals surface area contributed by atoms with Crippen molar-refractivity contribution in [3.63, 3.8) is 0 Å². The number of hydrogen-bond acceptors (Lipinski definition) is 4. The van der Waals surface area contributed by atoms with Crippen LogP contribution in [0.2, 0.25) is 0 Å². The zero-order valence-corrected chi connectivity index (χ0v) is 10.5. The van der Waals surface area contributed by atoms with E-state index in [0.29, 0.717) is 11.5 Å². The van der Waals surface area contributed by atoms with Gasteiger partial charge in [0.25, 0.3) is 5.69 Å². The van der Waals surface area contributed by atoms with Crippen LogP contribution in [0.25, 0.3) is 0 Å². The minimum Gasteiger partial charge on any atom is -0.458 e. The molecule has 19 heavy (non-hydrogen) atoms. The summed E-state index contributed by atoms with van der Waals surface area (Å²) in [6.45, 7) is 0. The summed E-state index contributed by atoms with van der Waals surface area (Å²) >= 11 is 0. The van der Waals surface area contributed by atoms with Crippen LogP contribution >= 0.6 is 0 Å². The number of non-ortho nitro benzene ring substituents is 1. The van der Waals surface area contributed by atoms with Gasteiger partial charge in [0.05, 0.1) is 10.5 Å². The fourth-order valence-electron chi connectivity index (χ4n) is 3.26. The highest BCUT2D eigenvalue weighted by Gasteiger charge is 2.41. The van der Waals surface area contributed by atoms with Gasteiger partial charge in [-0.1, -0.05) is 0 Å². The summed E-state index contributed by atoms with van der Waals surface area (Å²) in [5, 5.41) is 10.5. The van der Waals surface area contributed by atoms with Gasteiger partial charge in [-0.25, -0.2) is 4.79 Å². The van der Waals surface area contributed by atoms with Gasteiger partial charge in [-0.05, 0) is 49.7 Å². The Morgan fingerprint density at radius 3 is 2.47 bits per heavy atom. The quantitative estimate of drug-likeness (QED) is 0.476. The van der Waals surface area contributed by atoms with Crippen LogP contribution < -0.4 is 0 Å². The molecule has 0 saturated heterocycles. The largest absolute Gasteiger partial charge is 0.458 e. The first kappa shape index (κ1) is 12.1. The summed E-state index contributed by atoms with van der Waals surface area (Å²) < 4.78 is 5.52. The number of fused-ring (bicyclic) bond motifs is 2. The Balaban J connectivity index is 1.65. The summed E-state index contributed by atoms with van der Waals surface area (Å²) in [5.74, 6) is 0.874. The lowest BCUT2D eigenvalue weighted by atomic mass is 9.98. The van der Waals surface area contributed by atoms with E-state index in [1.165, 1.54) is 37.1 Å². The first-order valence-electron chi connectivity index (χ1n) is 6.59. The number of esters is 1. The second-order valence-corrected chi connectivity index (χ2v) is 5.42. The standard InChI is InChI=1S/C14H15NO4/c16-14(10-3-5-12(6-4-10)15(17)18)19-13-8-9-1-2-11(13)7-9/h3-6,9,11,13H,1-2,7-8H2/t9-,11-,13-/m1/s1. The Morgan fingerprint density at radius 1 is 1.21 bits per heavy atom. The van der Waals surface area contributed by atoms with E-state index in [2.05, 4.69) is 0 Å². The van der Waals surface area contributed by atoms with Crippen LogP contribution in [0, 0.1) is 22.0 Å². The van der Waals surface area contributed by atoms with Gasteiger partial charge in [-0.15, -0.1) is 0 Å². The third-order valence-corrected chi connectivity index (χ3v) is 4.25. The lowest BCUT2D eigenvalue weighted by molar-refractivity contribution is -0.384. The molecule has 100 valence electrons. The summed E-state index contributed by atoms with van der Waals surface area (Å²) in [6, 6.07) is 5.57. The van der Waals surface area contributed by atoms with E-state index in [4.69, 9.17) is 4.74 Å². The molecule has 0 spiro atoms. The maximum Gasteiger partial charge on any atom is 0.338 e. The number of nitro benzene ring substituents is 1. The van der Waals surface area contributed by atoms with Crippen LogP contribution in [0.5, 0.6) is 0 Å². The van der Waals surface area contributed by atoms with Crippen molar-refractivity contribution < 1.29 is 14.5 Å². The molecule has 1 aromatic carbocycles. The molecule has 0 aromatic heterocycles. The number of rotatable bonds is 3. The summed E-state index contributed by atoms with van der Waals surface area (Å²) in [5.41, 5.74) is 0.366. The van der Waals surface area contributed by atoms with E-state index < -0.39 is 4.92 Å². The average molecular weight is 261 g/mol. The number of nitrogens with zero attached hydrogens (tertiary/aromatic N) is 1. The molecule has 3 rings (SSSR count). The normalized spacial score (nSPS) is 28.3. The molecular formula is C14H15NO4. The van der Waals surface area contributed by atoms with Crippen molar-refractivity contribution in [3.8, 4) is 0 Å². The van der Waals surface area contributed by atoms with Crippen molar-refractivity contribution in [2.75, 3.05) is 0 Å². The highest BCUT2D eigenvalue weighted by atomic mass is 16.6. The molecule has 2 fully saturated rings. The monoisotopic (exact) mass is 261 g/mol. The molecule has 5 nitrogen and oxygen atoms in total. The first-order chi connectivity index (χ1) is 9.13. The van der Waals surface area contributed by atoms with Gasteiger partial charge >= 0.3 is 5.97 Å². The molecule has 3 atom stereocenters. The minimum atomic E-state index is -0.481.